The zero-order valence-electron chi connectivity index (χ0n) is 25.9. The second-order valence-electron chi connectivity index (χ2n) is 12.5. The third-order valence-corrected chi connectivity index (χ3v) is 11.9. The van der Waals surface area contributed by atoms with Gasteiger partial charge in [0.05, 0.1) is 16.7 Å². The predicted molar refractivity (Wildman–Crippen MR) is 206 cm³/mol. The molecule has 0 amide bonds. The second-order valence-corrected chi connectivity index (χ2v) is 14.7. The molecule has 0 bridgehead atoms. The van der Waals surface area contributed by atoms with Gasteiger partial charge in [-0.15, -0.1) is 22.7 Å². The predicted octanol–water partition coefficient (Wildman–Crippen LogP) is 13.2. The van der Waals surface area contributed by atoms with Crippen LogP contribution in [0.25, 0.3) is 67.8 Å². The van der Waals surface area contributed by atoms with Crippen LogP contribution >= 0.6 is 22.7 Å². The Morgan fingerprint density at radius 2 is 1.30 bits per heavy atom. The lowest BCUT2D eigenvalue weighted by Gasteiger charge is -2.28. The minimum absolute atomic E-state index is 1.04. The Balaban J connectivity index is 1.26. The number of hydrogen-bond acceptors (Lipinski definition) is 3. The maximum atomic E-state index is 2.49. The number of aromatic nitrogens is 1. The average molecular weight is 639 g/mol. The van der Waals surface area contributed by atoms with Crippen LogP contribution in [0.5, 0.6) is 0 Å². The summed E-state index contributed by atoms with van der Waals surface area (Å²) in [5.41, 5.74) is 8.51. The lowest BCUT2D eigenvalue weighted by Crippen LogP contribution is -2.16. The Hall–Kier alpha value is -5.16. The molecule has 0 spiro atoms. The molecule has 3 heterocycles. The topological polar surface area (TPSA) is 8.17 Å². The summed E-state index contributed by atoms with van der Waals surface area (Å²) >= 11 is 3.74. The van der Waals surface area contributed by atoms with Crippen molar-refractivity contribution in [2.24, 2.45) is 0 Å². The van der Waals surface area contributed by atoms with Gasteiger partial charge < -0.3 is 9.47 Å². The first-order chi connectivity index (χ1) is 23.2. The summed E-state index contributed by atoms with van der Waals surface area (Å²) in [5, 5.41) is 7.83. The van der Waals surface area contributed by atoms with E-state index in [0.717, 1.165) is 12.8 Å². The SMILES string of the molecule is Cc1ccc2c(c1)c1c(N(C3=CCCC=C3)c3ccc4sc5ccccc5c4c3)cccc1n2-c1ccc2sc3ccccc3c2c1. The fraction of sp³-hybridized carbons (Fsp3) is 0.0698. The van der Waals surface area contributed by atoms with E-state index in [9.17, 15) is 0 Å². The third kappa shape index (κ3) is 4.15. The Kier molecular flexibility index (Phi) is 5.99. The van der Waals surface area contributed by atoms with Crippen LogP contribution in [0.15, 0.2) is 145 Å². The molecule has 0 saturated carbocycles. The average Bonchev–Trinajstić information content (AvgIpc) is 3.78. The standard InChI is InChI=1S/C43H30N2S2/c1-27-18-21-36-35(24-27)43-37(14-9-15-38(43)45(36)30-20-23-42-34(26-30)32-13-6-8-17-40(32)47-42)44(28-10-3-2-4-11-28)29-19-22-41-33(25-29)31-12-5-7-16-39(31)46-41/h3,5-26H,2,4H2,1H3. The molecule has 10 rings (SSSR count). The van der Waals surface area contributed by atoms with E-state index in [1.807, 2.05) is 22.7 Å². The van der Waals surface area contributed by atoms with Crippen LogP contribution in [0.2, 0.25) is 0 Å². The van der Waals surface area contributed by atoms with Crippen molar-refractivity contribution in [3.8, 4) is 5.69 Å². The van der Waals surface area contributed by atoms with E-state index < -0.39 is 0 Å². The number of aryl methyl sites for hydroxylation is 1. The molecule has 0 saturated heterocycles. The quantitative estimate of drug-likeness (QED) is 0.186. The van der Waals surface area contributed by atoms with Crippen molar-refractivity contribution in [1.82, 2.24) is 4.57 Å². The maximum Gasteiger partial charge on any atom is 0.0562 e. The molecule has 0 fully saturated rings. The number of rotatable bonds is 4. The summed E-state index contributed by atoms with van der Waals surface area (Å²) in [6.07, 6.45) is 9.13. The Morgan fingerprint density at radius 3 is 2.06 bits per heavy atom. The first kappa shape index (κ1) is 27.0. The van der Waals surface area contributed by atoms with Gasteiger partial charge in [0.1, 0.15) is 0 Å². The molecule has 1 aliphatic carbocycles. The van der Waals surface area contributed by atoms with E-state index in [2.05, 4.69) is 156 Å². The van der Waals surface area contributed by atoms with Crippen molar-refractivity contribution in [3.05, 3.63) is 151 Å². The molecule has 4 heteroatoms. The van der Waals surface area contributed by atoms with Gasteiger partial charge in [0.15, 0.2) is 0 Å². The number of nitrogens with zero attached hydrogens (tertiary/aromatic N) is 2. The van der Waals surface area contributed by atoms with E-state index in [0.29, 0.717) is 0 Å². The van der Waals surface area contributed by atoms with Crippen LogP contribution in [0.4, 0.5) is 11.4 Å². The lowest BCUT2D eigenvalue weighted by molar-refractivity contribution is 0.998. The van der Waals surface area contributed by atoms with E-state index in [4.69, 9.17) is 0 Å². The fourth-order valence-corrected chi connectivity index (χ4v) is 9.70. The van der Waals surface area contributed by atoms with Gasteiger partial charge in [-0.1, -0.05) is 66.2 Å². The van der Waals surface area contributed by atoms with Crippen LogP contribution in [-0.2, 0) is 0 Å². The number of fused-ring (bicyclic) bond motifs is 9. The summed E-state index contributed by atoms with van der Waals surface area (Å²) in [5.74, 6) is 0. The lowest BCUT2D eigenvalue weighted by atomic mass is 10.0. The zero-order chi connectivity index (χ0) is 31.1. The first-order valence-electron chi connectivity index (χ1n) is 16.2. The molecule has 0 unspecified atom stereocenters. The Labute approximate surface area is 280 Å². The Morgan fingerprint density at radius 1 is 0.574 bits per heavy atom. The molecule has 0 aliphatic heterocycles. The largest absolute Gasteiger partial charge is 0.310 e. The van der Waals surface area contributed by atoms with E-state index in [1.165, 1.54) is 90.5 Å². The summed E-state index contributed by atoms with van der Waals surface area (Å²) in [6, 6.07) is 45.3. The molecule has 9 aromatic rings. The molecular formula is C43H30N2S2. The van der Waals surface area contributed by atoms with Gasteiger partial charge in [-0.05, 0) is 98.6 Å². The number of allylic oxidation sites excluding steroid dienone is 3. The first-order valence-corrected chi connectivity index (χ1v) is 17.9. The van der Waals surface area contributed by atoms with Crippen molar-refractivity contribution >= 4 is 96.2 Å². The normalized spacial score (nSPS) is 13.5. The summed E-state index contributed by atoms with van der Waals surface area (Å²) in [7, 11) is 0. The molecule has 0 atom stereocenters. The molecule has 224 valence electrons. The number of anilines is 2. The minimum Gasteiger partial charge on any atom is -0.310 e. The van der Waals surface area contributed by atoms with Gasteiger partial charge >= 0.3 is 0 Å². The molecule has 47 heavy (non-hydrogen) atoms. The highest BCUT2D eigenvalue weighted by molar-refractivity contribution is 7.26. The van der Waals surface area contributed by atoms with Gasteiger partial charge in [-0.2, -0.15) is 0 Å². The monoisotopic (exact) mass is 638 g/mol. The molecule has 2 nitrogen and oxygen atoms in total. The fourth-order valence-electron chi connectivity index (χ4n) is 7.53. The van der Waals surface area contributed by atoms with Gasteiger partial charge in [-0.3, -0.25) is 0 Å². The molecule has 0 radical (unpaired) electrons. The van der Waals surface area contributed by atoms with Crippen LogP contribution in [-0.4, -0.2) is 4.57 Å². The van der Waals surface area contributed by atoms with Crippen molar-refractivity contribution in [2.45, 2.75) is 19.8 Å². The summed E-state index contributed by atoms with van der Waals surface area (Å²) in [4.78, 5) is 2.49. The molecule has 6 aromatic carbocycles. The minimum atomic E-state index is 1.04. The summed E-state index contributed by atoms with van der Waals surface area (Å²) < 4.78 is 7.78. The molecule has 3 aromatic heterocycles. The van der Waals surface area contributed by atoms with Crippen LogP contribution in [0, 0.1) is 6.92 Å². The smallest absolute Gasteiger partial charge is 0.0562 e. The van der Waals surface area contributed by atoms with E-state index in [1.54, 1.807) is 0 Å². The third-order valence-electron chi connectivity index (χ3n) is 9.64. The van der Waals surface area contributed by atoms with E-state index >= 15 is 0 Å². The van der Waals surface area contributed by atoms with Gasteiger partial charge in [-0.25, -0.2) is 0 Å². The highest BCUT2D eigenvalue weighted by Gasteiger charge is 2.23. The number of benzene rings is 6. The number of hydrogen-bond donors (Lipinski definition) is 0. The molecular weight excluding hydrogens is 609 g/mol. The van der Waals surface area contributed by atoms with Gasteiger partial charge in [0.25, 0.3) is 0 Å². The van der Waals surface area contributed by atoms with E-state index in [-0.39, 0.29) is 0 Å². The second kappa shape index (κ2) is 10.4. The van der Waals surface area contributed by atoms with Crippen LogP contribution < -0.4 is 4.90 Å². The molecule has 0 N–H and O–H groups in total. The van der Waals surface area contributed by atoms with Crippen molar-refractivity contribution in [3.63, 3.8) is 0 Å². The van der Waals surface area contributed by atoms with Gasteiger partial charge in [0, 0.05) is 68.2 Å². The van der Waals surface area contributed by atoms with Crippen molar-refractivity contribution in [2.75, 3.05) is 4.90 Å². The number of thiophene rings is 2. The highest BCUT2D eigenvalue weighted by atomic mass is 32.1. The van der Waals surface area contributed by atoms with Crippen molar-refractivity contribution < 1.29 is 0 Å². The van der Waals surface area contributed by atoms with Gasteiger partial charge in [0.2, 0.25) is 0 Å². The maximum absolute atomic E-state index is 2.49. The zero-order valence-corrected chi connectivity index (χ0v) is 27.5. The highest BCUT2D eigenvalue weighted by Crippen LogP contribution is 2.45. The summed E-state index contributed by atoms with van der Waals surface area (Å²) in [6.45, 7) is 2.20. The van der Waals surface area contributed by atoms with Crippen molar-refractivity contribution in [1.29, 1.82) is 0 Å². The van der Waals surface area contributed by atoms with Crippen LogP contribution in [0.3, 0.4) is 0 Å². The molecule has 1 aliphatic rings. The van der Waals surface area contributed by atoms with Crippen LogP contribution in [0.1, 0.15) is 18.4 Å². The Bertz CT molecular complexity index is 2770.